The highest BCUT2D eigenvalue weighted by Crippen LogP contribution is 2.43. The van der Waals surface area contributed by atoms with Crippen LogP contribution in [0.15, 0.2) is 48.9 Å². The van der Waals surface area contributed by atoms with Gasteiger partial charge in [-0.25, -0.2) is 15.0 Å². The number of nitrogens with one attached hydrogen (secondary N) is 1. The molecule has 3 aromatic heterocycles. The minimum atomic E-state index is -0.717. The standard InChI is InChI=1S/C30H34N12O3/c1-38-8-10-39(11-9-38)24-19-31-22(17-32-24)26-27-25(23(45-2)18-34-26)21(16-33-27)28(43)29(44)40-12-14-41(15-13-40)30-35-36-37-42(30)20-6-4-3-5-7-20/h3-7,17-19,21,33H,8-16H2,1-2H3. The van der Waals surface area contributed by atoms with Crippen LogP contribution in [0.4, 0.5) is 17.5 Å². The Kier molecular flexibility index (Phi) is 7.67. The second-order valence-electron chi connectivity index (χ2n) is 11.3. The molecule has 1 unspecified atom stereocenters. The number of methoxy groups -OCH3 is 1. The minimum Gasteiger partial charge on any atom is -0.495 e. The molecular formula is C30H34N12O3. The van der Waals surface area contributed by atoms with Crippen molar-refractivity contribution in [2.75, 3.05) is 88.2 Å². The fraction of sp³-hybridized carbons (Fsp3) is 0.400. The Morgan fingerprint density at radius 2 is 1.64 bits per heavy atom. The quantitative estimate of drug-likeness (QED) is 0.293. The van der Waals surface area contributed by atoms with E-state index in [1.165, 1.54) is 7.11 Å². The smallest absolute Gasteiger partial charge is 0.290 e. The SMILES string of the molecule is COc1cnc(-c2cnc(N3CCN(C)CC3)cn2)c2c1C(C(=O)C(=O)N1CCN(c3nnnn3-c3ccccc3)CC1)CN2. The van der Waals surface area contributed by atoms with E-state index >= 15 is 0 Å². The van der Waals surface area contributed by atoms with Crippen LogP contribution in [0.3, 0.4) is 0 Å². The second kappa shape index (κ2) is 12.1. The van der Waals surface area contributed by atoms with Crippen LogP contribution in [0, 0.1) is 0 Å². The molecule has 3 aliphatic heterocycles. The summed E-state index contributed by atoms with van der Waals surface area (Å²) in [6.45, 7) is 5.70. The van der Waals surface area contributed by atoms with Gasteiger partial charge in [0.25, 0.3) is 5.91 Å². The van der Waals surface area contributed by atoms with Crippen LogP contribution < -0.4 is 19.9 Å². The number of carbonyl (C=O) groups is 2. The third kappa shape index (κ3) is 5.39. The largest absolute Gasteiger partial charge is 0.495 e. The summed E-state index contributed by atoms with van der Waals surface area (Å²) in [5, 5.41) is 15.5. The third-order valence-corrected chi connectivity index (χ3v) is 8.67. The number of hydrogen-bond donors (Lipinski definition) is 1. The molecule has 0 aliphatic carbocycles. The molecule has 0 saturated carbocycles. The maximum atomic E-state index is 13.7. The Morgan fingerprint density at radius 1 is 0.889 bits per heavy atom. The number of likely N-dealkylation sites (N-methyl/N-ethyl adjacent to an activating group) is 1. The van der Waals surface area contributed by atoms with Gasteiger partial charge in [-0.3, -0.25) is 9.59 Å². The maximum Gasteiger partial charge on any atom is 0.290 e. The number of ether oxygens (including phenoxy) is 1. The molecule has 15 nitrogen and oxygen atoms in total. The molecule has 0 spiro atoms. The van der Waals surface area contributed by atoms with E-state index in [1.807, 2.05) is 35.2 Å². The van der Waals surface area contributed by atoms with Gasteiger partial charge < -0.3 is 29.7 Å². The molecule has 1 amide bonds. The molecule has 232 valence electrons. The molecular weight excluding hydrogens is 576 g/mol. The Labute approximate surface area is 259 Å². The first-order valence-corrected chi connectivity index (χ1v) is 15.0. The average molecular weight is 611 g/mol. The molecule has 3 aliphatic rings. The minimum absolute atomic E-state index is 0.258. The number of para-hydroxylation sites is 1. The molecule has 2 fully saturated rings. The van der Waals surface area contributed by atoms with E-state index < -0.39 is 17.6 Å². The van der Waals surface area contributed by atoms with Crippen LogP contribution in [0.25, 0.3) is 17.1 Å². The number of hydrogen-bond acceptors (Lipinski definition) is 13. The normalized spacial score (nSPS) is 18.4. The number of tetrazole rings is 1. The lowest BCUT2D eigenvalue weighted by molar-refractivity contribution is -0.145. The number of piperazine rings is 2. The summed E-state index contributed by atoms with van der Waals surface area (Å²) in [7, 11) is 3.65. The van der Waals surface area contributed by atoms with Crippen LogP contribution in [0.5, 0.6) is 5.75 Å². The Bertz CT molecular complexity index is 1680. The molecule has 15 heteroatoms. The highest BCUT2D eigenvalue weighted by Gasteiger charge is 2.40. The van der Waals surface area contributed by atoms with Crippen LogP contribution in [-0.2, 0) is 9.59 Å². The number of benzene rings is 1. The van der Waals surface area contributed by atoms with Gasteiger partial charge in [-0.05, 0) is 29.6 Å². The van der Waals surface area contributed by atoms with Gasteiger partial charge in [-0.2, -0.15) is 4.68 Å². The number of aromatic nitrogens is 7. The summed E-state index contributed by atoms with van der Waals surface area (Å²) in [5.41, 5.74) is 3.24. The van der Waals surface area contributed by atoms with Gasteiger partial charge in [0.1, 0.15) is 23.0 Å². The maximum absolute atomic E-state index is 13.7. The fourth-order valence-corrected chi connectivity index (χ4v) is 6.09. The molecule has 0 bridgehead atoms. The average Bonchev–Trinajstić information content (AvgIpc) is 3.77. The van der Waals surface area contributed by atoms with Gasteiger partial charge in [0.15, 0.2) is 0 Å². The Balaban J connectivity index is 1.06. The summed E-state index contributed by atoms with van der Waals surface area (Å²) in [4.78, 5) is 49.3. The van der Waals surface area contributed by atoms with Crippen molar-refractivity contribution in [2.24, 2.45) is 0 Å². The van der Waals surface area contributed by atoms with E-state index in [0.29, 0.717) is 60.5 Å². The van der Waals surface area contributed by atoms with Gasteiger partial charge in [0, 0.05) is 64.5 Å². The zero-order valence-corrected chi connectivity index (χ0v) is 25.2. The molecule has 1 aromatic carbocycles. The number of Topliss-reactive ketones (excluding diaryl/α,β-unsaturated/α-hetero) is 1. The lowest BCUT2D eigenvalue weighted by Gasteiger charge is -2.34. The van der Waals surface area contributed by atoms with E-state index in [0.717, 1.165) is 37.7 Å². The van der Waals surface area contributed by atoms with Crippen LogP contribution in [0.1, 0.15) is 11.5 Å². The van der Waals surface area contributed by atoms with Crippen molar-refractivity contribution in [1.82, 2.24) is 45.0 Å². The van der Waals surface area contributed by atoms with Crippen molar-refractivity contribution < 1.29 is 14.3 Å². The van der Waals surface area contributed by atoms with Gasteiger partial charge in [0.2, 0.25) is 11.7 Å². The monoisotopic (exact) mass is 610 g/mol. The topological polar surface area (TPSA) is 151 Å². The van der Waals surface area contributed by atoms with E-state index in [-0.39, 0.29) is 6.54 Å². The van der Waals surface area contributed by atoms with E-state index in [9.17, 15) is 9.59 Å². The van der Waals surface area contributed by atoms with Crippen LogP contribution in [0.2, 0.25) is 0 Å². The van der Waals surface area contributed by atoms with Crippen molar-refractivity contribution in [3.63, 3.8) is 0 Å². The second-order valence-corrected chi connectivity index (χ2v) is 11.3. The Hall–Kier alpha value is -5.18. The number of fused-ring (bicyclic) bond motifs is 1. The molecule has 4 aromatic rings. The van der Waals surface area contributed by atoms with Crippen molar-refractivity contribution in [3.8, 4) is 22.8 Å². The predicted octanol–water partition coefficient (Wildman–Crippen LogP) is 0.702. The molecule has 7 rings (SSSR count). The zero-order chi connectivity index (χ0) is 30.9. The molecule has 1 atom stereocenters. The van der Waals surface area contributed by atoms with Crippen molar-refractivity contribution in [1.29, 1.82) is 0 Å². The van der Waals surface area contributed by atoms with Crippen molar-refractivity contribution in [2.45, 2.75) is 5.92 Å². The highest BCUT2D eigenvalue weighted by molar-refractivity contribution is 6.38. The molecule has 0 radical (unpaired) electrons. The highest BCUT2D eigenvalue weighted by atomic mass is 16.5. The first-order valence-electron chi connectivity index (χ1n) is 15.0. The van der Waals surface area contributed by atoms with Gasteiger partial charge in [0.05, 0.1) is 43.0 Å². The molecule has 45 heavy (non-hydrogen) atoms. The lowest BCUT2D eigenvalue weighted by atomic mass is 9.94. The summed E-state index contributed by atoms with van der Waals surface area (Å²) in [5.74, 6) is 0.136. The zero-order valence-electron chi connectivity index (χ0n) is 25.2. The number of anilines is 3. The predicted molar refractivity (Wildman–Crippen MR) is 166 cm³/mol. The first-order chi connectivity index (χ1) is 22.0. The summed E-state index contributed by atoms with van der Waals surface area (Å²) in [6.07, 6.45) is 5.05. The Morgan fingerprint density at radius 3 is 2.36 bits per heavy atom. The van der Waals surface area contributed by atoms with Crippen LogP contribution in [-0.4, -0.2) is 130 Å². The van der Waals surface area contributed by atoms with Gasteiger partial charge in [-0.1, -0.05) is 23.3 Å². The van der Waals surface area contributed by atoms with Crippen molar-refractivity contribution in [3.05, 3.63) is 54.5 Å². The molecule has 1 N–H and O–H groups in total. The van der Waals surface area contributed by atoms with Gasteiger partial charge >= 0.3 is 0 Å². The first kappa shape index (κ1) is 28.6. The van der Waals surface area contributed by atoms with E-state index in [4.69, 9.17) is 4.74 Å². The van der Waals surface area contributed by atoms with Crippen molar-refractivity contribution >= 4 is 29.1 Å². The molecule has 2 saturated heterocycles. The fourth-order valence-electron chi connectivity index (χ4n) is 6.09. The number of nitrogens with zero attached hydrogens (tertiary/aromatic N) is 11. The van der Waals surface area contributed by atoms with E-state index in [1.54, 1.807) is 28.2 Å². The summed E-state index contributed by atoms with van der Waals surface area (Å²) < 4.78 is 7.28. The molecule has 6 heterocycles. The number of ketones is 1. The number of pyridine rings is 1. The van der Waals surface area contributed by atoms with Gasteiger partial charge in [-0.15, -0.1) is 0 Å². The number of carbonyl (C=O) groups excluding carboxylic acids is 2. The summed E-state index contributed by atoms with van der Waals surface area (Å²) in [6, 6.07) is 9.63. The lowest BCUT2D eigenvalue weighted by Crippen LogP contribution is -2.52. The third-order valence-electron chi connectivity index (χ3n) is 8.67. The number of rotatable bonds is 7. The number of amides is 1. The van der Waals surface area contributed by atoms with Crippen LogP contribution >= 0.6 is 0 Å². The van der Waals surface area contributed by atoms with E-state index in [2.05, 4.69) is 52.6 Å². The summed E-state index contributed by atoms with van der Waals surface area (Å²) >= 11 is 0.